The molecule has 4 N–H and O–H groups in total. The Bertz CT molecular complexity index is 702. The summed E-state index contributed by atoms with van der Waals surface area (Å²) in [4.78, 5) is 25.2. The van der Waals surface area contributed by atoms with Crippen LogP contribution in [-0.2, 0) is 6.54 Å². The summed E-state index contributed by atoms with van der Waals surface area (Å²) in [6.45, 7) is 4.91. The van der Waals surface area contributed by atoms with Gasteiger partial charge < -0.3 is 21.3 Å². The smallest absolute Gasteiger partial charge is 0.312 e. The zero-order valence-electron chi connectivity index (χ0n) is 15.1. The monoisotopic (exact) mass is 354 g/mol. The lowest BCUT2D eigenvalue weighted by Gasteiger charge is -2.23. The minimum absolute atomic E-state index is 0.0952. The predicted molar refractivity (Wildman–Crippen MR) is 104 cm³/mol. The molecule has 138 valence electrons. The van der Waals surface area contributed by atoms with Crippen molar-refractivity contribution in [3.05, 3.63) is 65.7 Å². The number of urea groups is 1. The van der Waals surface area contributed by atoms with Gasteiger partial charge in [-0.1, -0.05) is 30.3 Å². The van der Waals surface area contributed by atoms with E-state index in [0.717, 1.165) is 25.1 Å². The van der Waals surface area contributed by atoms with Crippen LogP contribution in [0.4, 0.5) is 10.5 Å². The van der Waals surface area contributed by atoms with Gasteiger partial charge in [0.25, 0.3) is 5.91 Å². The van der Waals surface area contributed by atoms with Crippen LogP contribution in [0.5, 0.6) is 0 Å². The average Bonchev–Trinajstić information content (AvgIpc) is 2.67. The molecule has 0 aliphatic rings. The molecule has 6 nitrogen and oxygen atoms in total. The van der Waals surface area contributed by atoms with Crippen molar-refractivity contribution >= 4 is 17.6 Å². The molecule has 0 atom stereocenters. The van der Waals surface area contributed by atoms with Gasteiger partial charge in [-0.3, -0.25) is 4.79 Å². The number of benzene rings is 2. The molecule has 26 heavy (non-hydrogen) atoms. The second-order valence-electron chi connectivity index (χ2n) is 5.94. The van der Waals surface area contributed by atoms with Gasteiger partial charge in [-0.05, 0) is 43.2 Å². The first kappa shape index (κ1) is 19.3. The number of primary amides is 1. The van der Waals surface area contributed by atoms with Gasteiger partial charge in [-0.2, -0.15) is 0 Å². The third kappa shape index (κ3) is 6.12. The van der Waals surface area contributed by atoms with Gasteiger partial charge in [0.2, 0.25) is 0 Å². The molecule has 0 aliphatic carbocycles. The maximum absolute atomic E-state index is 12.2. The first-order valence-electron chi connectivity index (χ1n) is 8.80. The summed E-state index contributed by atoms with van der Waals surface area (Å²) in [5.74, 6) is -0.0952. The van der Waals surface area contributed by atoms with E-state index >= 15 is 0 Å². The minimum atomic E-state index is -0.566. The first-order chi connectivity index (χ1) is 12.6. The summed E-state index contributed by atoms with van der Waals surface area (Å²) in [5, 5.41) is 5.46. The van der Waals surface area contributed by atoms with Crippen molar-refractivity contribution in [1.82, 2.24) is 10.6 Å². The molecule has 6 heteroatoms. The van der Waals surface area contributed by atoms with Crippen molar-refractivity contribution in [2.45, 2.75) is 19.9 Å². The summed E-state index contributed by atoms with van der Waals surface area (Å²) in [7, 11) is 0. The summed E-state index contributed by atoms with van der Waals surface area (Å²) in [6, 6.07) is 16.8. The van der Waals surface area contributed by atoms with Crippen molar-refractivity contribution in [2.75, 3.05) is 24.5 Å². The van der Waals surface area contributed by atoms with E-state index in [-0.39, 0.29) is 5.91 Å². The van der Waals surface area contributed by atoms with E-state index in [2.05, 4.69) is 34.6 Å². The Morgan fingerprint density at radius 1 is 1.00 bits per heavy atom. The van der Waals surface area contributed by atoms with Crippen LogP contribution in [0.1, 0.15) is 29.3 Å². The summed E-state index contributed by atoms with van der Waals surface area (Å²) < 4.78 is 0. The molecule has 0 bridgehead atoms. The molecule has 0 saturated carbocycles. The number of nitrogens with zero attached hydrogens (tertiary/aromatic N) is 1. The quantitative estimate of drug-likeness (QED) is 0.605. The fourth-order valence-electron chi connectivity index (χ4n) is 2.65. The number of nitrogens with one attached hydrogen (secondary N) is 2. The largest absolute Gasteiger partial charge is 0.372 e. The van der Waals surface area contributed by atoms with Crippen LogP contribution in [0.2, 0.25) is 0 Å². The fourth-order valence-corrected chi connectivity index (χ4v) is 2.65. The number of carbonyl (C=O) groups is 2. The molecule has 2 aromatic rings. The van der Waals surface area contributed by atoms with Gasteiger partial charge in [0, 0.05) is 37.4 Å². The Kier molecular flexibility index (Phi) is 7.49. The van der Waals surface area contributed by atoms with E-state index in [1.54, 1.807) is 24.3 Å². The normalized spacial score (nSPS) is 10.2. The molecule has 0 heterocycles. The van der Waals surface area contributed by atoms with Crippen molar-refractivity contribution in [3.63, 3.8) is 0 Å². The van der Waals surface area contributed by atoms with Gasteiger partial charge in [0.1, 0.15) is 0 Å². The summed E-state index contributed by atoms with van der Waals surface area (Å²) >= 11 is 0. The molecule has 2 aromatic carbocycles. The molecular formula is C20H26N4O2. The lowest BCUT2D eigenvalue weighted by molar-refractivity contribution is 0.0953. The van der Waals surface area contributed by atoms with E-state index < -0.39 is 6.03 Å². The van der Waals surface area contributed by atoms with Crippen molar-refractivity contribution < 1.29 is 9.59 Å². The lowest BCUT2D eigenvalue weighted by atomic mass is 10.1. The van der Waals surface area contributed by atoms with Gasteiger partial charge >= 0.3 is 6.03 Å². The molecule has 0 fully saturated rings. The van der Waals surface area contributed by atoms with Crippen LogP contribution in [0.25, 0.3) is 0 Å². The summed E-state index contributed by atoms with van der Waals surface area (Å²) in [6.07, 6.45) is 0.870. The molecule has 0 spiro atoms. The lowest BCUT2D eigenvalue weighted by Crippen LogP contribution is -2.30. The highest BCUT2D eigenvalue weighted by Crippen LogP contribution is 2.12. The van der Waals surface area contributed by atoms with E-state index in [4.69, 9.17) is 5.73 Å². The maximum atomic E-state index is 12.2. The van der Waals surface area contributed by atoms with Crippen LogP contribution in [0, 0.1) is 0 Å². The van der Waals surface area contributed by atoms with Crippen LogP contribution < -0.4 is 21.3 Å². The first-order valence-corrected chi connectivity index (χ1v) is 8.80. The predicted octanol–water partition coefficient (Wildman–Crippen LogP) is 2.50. The maximum Gasteiger partial charge on any atom is 0.312 e. The molecule has 0 aromatic heterocycles. The zero-order chi connectivity index (χ0) is 18.8. The fraction of sp³-hybridized carbons (Fsp3) is 0.300. The number of rotatable bonds is 9. The van der Waals surface area contributed by atoms with E-state index in [1.165, 1.54) is 5.69 Å². The van der Waals surface area contributed by atoms with Gasteiger partial charge in [0.05, 0.1) is 0 Å². The number of carbonyl (C=O) groups excluding carboxylic acids is 2. The molecular weight excluding hydrogens is 328 g/mol. The molecule has 0 radical (unpaired) electrons. The van der Waals surface area contributed by atoms with Crippen LogP contribution in [-0.4, -0.2) is 31.6 Å². The van der Waals surface area contributed by atoms with Crippen LogP contribution in [0.15, 0.2) is 54.6 Å². The van der Waals surface area contributed by atoms with Crippen LogP contribution in [0.3, 0.4) is 0 Å². The standard InChI is InChI=1S/C20H26N4O2/c1-2-24(18-7-4-3-5-8-18)14-6-13-22-19(25)17-11-9-16(10-12-17)15-23-20(21)26/h3-5,7-12H,2,6,13-15H2,1H3,(H,22,25)(H3,21,23,26). The highest BCUT2D eigenvalue weighted by molar-refractivity contribution is 5.94. The topological polar surface area (TPSA) is 87.5 Å². The number of amides is 3. The van der Waals surface area contributed by atoms with E-state index in [0.29, 0.717) is 18.7 Å². The van der Waals surface area contributed by atoms with E-state index in [9.17, 15) is 9.59 Å². The summed E-state index contributed by atoms with van der Waals surface area (Å²) in [5.41, 5.74) is 7.72. The molecule has 0 saturated heterocycles. The highest BCUT2D eigenvalue weighted by Gasteiger charge is 2.07. The Balaban J connectivity index is 1.75. The molecule has 2 rings (SSSR count). The van der Waals surface area contributed by atoms with Crippen molar-refractivity contribution in [1.29, 1.82) is 0 Å². The zero-order valence-corrected chi connectivity index (χ0v) is 15.1. The Hall–Kier alpha value is -3.02. The second kappa shape index (κ2) is 10.1. The minimum Gasteiger partial charge on any atom is -0.372 e. The highest BCUT2D eigenvalue weighted by atomic mass is 16.2. The number of anilines is 1. The van der Waals surface area contributed by atoms with Crippen LogP contribution >= 0.6 is 0 Å². The molecule has 3 amide bonds. The molecule has 0 unspecified atom stereocenters. The Labute approximate surface area is 154 Å². The van der Waals surface area contributed by atoms with Gasteiger partial charge in [-0.15, -0.1) is 0 Å². The Morgan fingerprint density at radius 2 is 1.69 bits per heavy atom. The SMILES string of the molecule is CCN(CCCNC(=O)c1ccc(CNC(N)=O)cc1)c1ccccc1. The number of hydrogen-bond donors (Lipinski definition) is 3. The van der Waals surface area contributed by atoms with Gasteiger partial charge in [-0.25, -0.2) is 4.79 Å². The Morgan fingerprint density at radius 3 is 2.31 bits per heavy atom. The van der Waals surface area contributed by atoms with Crippen molar-refractivity contribution in [3.8, 4) is 0 Å². The molecule has 0 aliphatic heterocycles. The van der Waals surface area contributed by atoms with Gasteiger partial charge in [0.15, 0.2) is 0 Å². The third-order valence-electron chi connectivity index (χ3n) is 4.08. The number of hydrogen-bond acceptors (Lipinski definition) is 3. The average molecular weight is 354 g/mol. The number of nitrogens with two attached hydrogens (primary N) is 1. The van der Waals surface area contributed by atoms with E-state index in [1.807, 2.05) is 18.2 Å². The van der Waals surface area contributed by atoms with Crippen molar-refractivity contribution in [2.24, 2.45) is 5.73 Å². The second-order valence-corrected chi connectivity index (χ2v) is 5.94. The third-order valence-corrected chi connectivity index (χ3v) is 4.08. The number of para-hydroxylation sites is 1.